The SMILES string of the molecule is CC(=O)Oc1ccc(SC2C=C3[C@@](C)(CC[C@@]4(C)[C@@H]5C[C@](C)(N)CC[C@]5(C)CC[C@]34C)c3cc(OC(C)=O)c(OC(C)=O)c(C)c32)cc1. The van der Waals surface area contributed by atoms with Crippen LogP contribution in [-0.4, -0.2) is 23.4 Å². The van der Waals surface area contributed by atoms with Gasteiger partial charge in [-0.1, -0.05) is 39.3 Å². The molecule has 2 aromatic rings. The van der Waals surface area contributed by atoms with Crippen LogP contribution in [0.2, 0.25) is 0 Å². The summed E-state index contributed by atoms with van der Waals surface area (Å²) in [6.45, 7) is 18.3. The molecule has 7 atom stereocenters. The molecule has 4 aliphatic rings. The van der Waals surface area contributed by atoms with Gasteiger partial charge in [-0.25, -0.2) is 0 Å². The van der Waals surface area contributed by atoms with Gasteiger partial charge in [0.25, 0.3) is 0 Å². The Balaban J connectivity index is 1.54. The van der Waals surface area contributed by atoms with Gasteiger partial charge >= 0.3 is 17.9 Å². The Labute approximate surface area is 289 Å². The first-order chi connectivity index (χ1) is 22.3. The number of ether oxygens (including phenoxy) is 3. The van der Waals surface area contributed by atoms with E-state index in [0.29, 0.717) is 11.7 Å². The number of esters is 3. The zero-order chi connectivity index (χ0) is 35.0. The molecule has 7 nitrogen and oxygen atoms in total. The molecular weight excluding hydrogens is 623 g/mol. The van der Waals surface area contributed by atoms with Crippen LogP contribution in [0.5, 0.6) is 17.2 Å². The number of carbonyl (C=O) groups is 3. The van der Waals surface area contributed by atoms with E-state index < -0.39 is 11.9 Å². The fraction of sp³-hybridized carbons (Fsp3) is 0.575. The van der Waals surface area contributed by atoms with Crippen LogP contribution in [0.1, 0.15) is 122 Å². The summed E-state index contributed by atoms with van der Waals surface area (Å²) in [5.41, 5.74) is 11.1. The van der Waals surface area contributed by atoms with Crippen molar-refractivity contribution in [2.75, 3.05) is 0 Å². The van der Waals surface area contributed by atoms with Gasteiger partial charge in [0, 0.05) is 42.2 Å². The van der Waals surface area contributed by atoms with Gasteiger partial charge in [-0.3, -0.25) is 14.4 Å². The summed E-state index contributed by atoms with van der Waals surface area (Å²) >= 11 is 1.72. The van der Waals surface area contributed by atoms with Crippen LogP contribution in [0.4, 0.5) is 0 Å². The summed E-state index contributed by atoms with van der Waals surface area (Å²) < 4.78 is 16.9. The highest BCUT2D eigenvalue weighted by Crippen LogP contribution is 2.75. The van der Waals surface area contributed by atoms with Crippen molar-refractivity contribution >= 4 is 29.7 Å². The first kappa shape index (κ1) is 34.8. The average Bonchev–Trinajstić information content (AvgIpc) is 2.98. The number of hydrogen-bond acceptors (Lipinski definition) is 8. The molecular formula is C40H51NO6S. The molecule has 0 heterocycles. The molecule has 0 spiro atoms. The number of benzene rings is 2. The normalized spacial score (nSPS) is 35.2. The highest BCUT2D eigenvalue weighted by molar-refractivity contribution is 7.99. The lowest BCUT2D eigenvalue weighted by atomic mass is 9.35. The highest BCUT2D eigenvalue weighted by Gasteiger charge is 2.66. The molecule has 4 aliphatic carbocycles. The van der Waals surface area contributed by atoms with Gasteiger partial charge < -0.3 is 19.9 Å². The molecule has 8 heteroatoms. The summed E-state index contributed by atoms with van der Waals surface area (Å²) in [5.74, 6) is 0.285. The minimum absolute atomic E-state index is 0.0518. The molecule has 48 heavy (non-hydrogen) atoms. The third-order valence-corrected chi connectivity index (χ3v) is 14.1. The molecule has 2 N–H and O–H groups in total. The first-order valence-corrected chi connectivity index (χ1v) is 18.2. The predicted octanol–water partition coefficient (Wildman–Crippen LogP) is 8.93. The van der Waals surface area contributed by atoms with Gasteiger partial charge in [-0.05, 0) is 122 Å². The molecule has 3 fully saturated rings. The Bertz CT molecular complexity index is 1710. The molecule has 258 valence electrons. The fourth-order valence-corrected chi connectivity index (χ4v) is 11.4. The molecule has 0 amide bonds. The second-order valence-electron chi connectivity index (χ2n) is 16.3. The molecule has 6 rings (SSSR count). The maximum absolute atomic E-state index is 12.4. The maximum Gasteiger partial charge on any atom is 0.308 e. The number of carbonyl (C=O) groups excluding carboxylic acids is 3. The van der Waals surface area contributed by atoms with Crippen LogP contribution in [-0.2, 0) is 19.8 Å². The molecule has 3 saturated carbocycles. The van der Waals surface area contributed by atoms with Crippen LogP contribution in [0, 0.1) is 29.1 Å². The minimum atomic E-state index is -0.472. The predicted molar refractivity (Wildman–Crippen MR) is 188 cm³/mol. The van der Waals surface area contributed by atoms with Gasteiger partial charge in [0.2, 0.25) is 0 Å². The van der Waals surface area contributed by atoms with Crippen molar-refractivity contribution in [1.82, 2.24) is 0 Å². The summed E-state index contributed by atoms with van der Waals surface area (Å²) in [5, 5.41) is -0.109. The van der Waals surface area contributed by atoms with E-state index in [0.717, 1.165) is 53.7 Å². The van der Waals surface area contributed by atoms with Crippen molar-refractivity contribution in [1.29, 1.82) is 0 Å². The lowest BCUT2D eigenvalue weighted by Crippen LogP contribution is -2.63. The van der Waals surface area contributed by atoms with Crippen molar-refractivity contribution in [3.8, 4) is 17.2 Å². The Kier molecular flexibility index (Phi) is 8.51. The van der Waals surface area contributed by atoms with E-state index in [9.17, 15) is 14.4 Å². The van der Waals surface area contributed by atoms with E-state index in [4.69, 9.17) is 19.9 Å². The Morgan fingerprint density at radius 2 is 1.44 bits per heavy atom. The number of allylic oxidation sites excluding steroid dienone is 1. The Morgan fingerprint density at radius 3 is 2.06 bits per heavy atom. The number of nitrogens with two attached hydrogens (primary N) is 1. The summed E-state index contributed by atoms with van der Waals surface area (Å²) in [6.07, 6.45) is 10.1. The van der Waals surface area contributed by atoms with Crippen molar-refractivity contribution in [2.45, 2.75) is 128 Å². The van der Waals surface area contributed by atoms with E-state index in [1.807, 2.05) is 37.3 Å². The van der Waals surface area contributed by atoms with E-state index in [1.165, 1.54) is 39.2 Å². The van der Waals surface area contributed by atoms with Crippen molar-refractivity contribution in [2.24, 2.45) is 27.9 Å². The summed E-state index contributed by atoms with van der Waals surface area (Å²) in [4.78, 5) is 37.3. The summed E-state index contributed by atoms with van der Waals surface area (Å²) in [6, 6.07) is 9.57. The number of hydrogen-bond donors (Lipinski definition) is 1. The highest BCUT2D eigenvalue weighted by atomic mass is 32.2. The Morgan fingerprint density at radius 1 is 0.812 bits per heavy atom. The molecule has 0 aromatic heterocycles. The van der Waals surface area contributed by atoms with Crippen LogP contribution >= 0.6 is 11.8 Å². The standard InChI is InChI=1S/C40H51NO6S/c1-23-34-29(20-30(46-25(3)43)35(23)47-26(4)44)38(7)17-19-40(9)33-22-37(6,41)16-14-36(33,5)15-18-39(40,8)32(38)21-31(34)48-28-12-10-27(11-13-28)45-24(2)42/h10-13,20-21,31,33H,14-19,22,41H2,1-9H3/t31?,33-,36-,37-,38+,39-,40+/m1/s1. The monoisotopic (exact) mass is 673 g/mol. The third kappa shape index (κ3) is 5.61. The van der Waals surface area contributed by atoms with Crippen molar-refractivity contribution in [3.63, 3.8) is 0 Å². The lowest BCUT2D eigenvalue weighted by molar-refractivity contribution is -0.148. The van der Waals surface area contributed by atoms with Gasteiger partial charge in [0.1, 0.15) is 5.75 Å². The van der Waals surface area contributed by atoms with Crippen LogP contribution in [0.25, 0.3) is 0 Å². The van der Waals surface area contributed by atoms with E-state index in [-0.39, 0.29) is 49.9 Å². The average molecular weight is 674 g/mol. The maximum atomic E-state index is 12.4. The van der Waals surface area contributed by atoms with E-state index in [2.05, 4.69) is 40.7 Å². The van der Waals surface area contributed by atoms with E-state index >= 15 is 0 Å². The van der Waals surface area contributed by atoms with Crippen LogP contribution in [0.3, 0.4) is 0 Å². The lowest BCUT2D eigenvalue weighted by Gasteiger charge is -2.70. The smallest absolute Gasteiger partial charge is 0.308 e. The summed E-state index contributed by atoms with van der Waals surface area (Å²) in [7, 11) is 0. The van der Waals surface area contributed by atoms with Crippen LogP contribution < -0.4 is 19.9 Å². The largest absolute Gasteiger partial charge is 0.427 e. The quantitative estimate of drug-likeness (QED) is 0.191. The van der Waals surface area contributed by atoms with Crippen molar-refractivity contribution in [3.05, 3.63) is 58.7 Å². The topological polar surface area (TPSA) is 105 Å². The van der Waals surface area contributed by atoms with Gasteiger partial charge in [0.05, 0.1) is 5.25 Å². The van der Waals surface area contributed by atoms with Gasteiger partial charge in [-0.2, -0.15) is 0 Å². The number of fused-ring (bicyclic) bond motifs is 7. The van der Waals surface area contributed by atoms with E-state index in [1.54, 1.807) is 11.8 Å². The van der Waals surface area contributed by atoms with Gasteiger partial charge in [-0.15, -0.1) is 11.8 Å². The minimum Gasteiger partial charge on any atom is -0.427 e. The van der Waals surface area contributed by atoms with Crippen LogP contribution in [0.15, 0.2) is 46.9 Å². The Hall–Kier alpha value is -3.10. The molecule has 1 unspecified atom stereocenters. The third-order valence-electron chi connectivity index (χ3n) is 12.9. The fourth-order valence-electron chi connectivity index (χ4n) is 10.2. The molecule has 2 aromatic carbocycles. The zero-order valence-electron chi connectivity index (χ0n) is 30.0. The second-order valence-corrected chi connectivity index (χ2v) is 17.5. The molecule has 0 saturated heterocycles. The molecule has 0 aliphatic heterocycles. The number of thioether (sulfide) groups is 1. The molecule has 0 bridgehead atoms. The second kappa shape index (κ2) is 11.8. The first-order valence-electron chi connectivity index (χ1n) is 17.3. The zero-order valence-corrected chi connectivity index (χ0v) is 30.8. The number of rotatable bonds is 5. The van der Waals surface area contributed by atoms with Crippen molar-refractivity contribution < 1.29 is 28.6 Å². The van der Waals surface area contributed by atoms with Gasteiger partial charge in [0.15, 0.2) is 11.5 Å². The molecule has 0 radical (unpaired) electrons.